The van der Waals surface area contributed by atoms with E-state index in [0.29, 0.717) is 5.82 Å². The monoisotopic (exact) mass is 317 g/mol. The van der Waals surface area contributed by atoms with Gasteiger partial charge in [0.25, 0.3) is 0 Å². The predicted octanol–water partition coefficient (Wildman–Crippen LogP) is 1.70. The quantitative estimate of drug-likeness (QED) is 0.929. The number of nitrogens with zero attached hydrogens (tertiary/aromatic N) is 4. The molecule has 2 aromatic heterocycles. The van der Waals surface area contributed by atoms with Gasteiger partial charge in [-0.2, -0.15) is 0 Å². The topological polar surface area (TPSA) is 71.0 Å². The predicted molar refractivity (Wildman–Crippen MR) is 85.3 cm³/mol. The maximum atomic E-state index is 11.2. The van der Waals surface area contributed by atoms with Crippen LogP contribution >= 0.6 is 11.3 Å². The van der Waals surface area contributed by atoms with Gasteiger partial charge in [-0.25, -0.2) is 15.0 Å². The first-order valence-corrected chi connectivity index (χ1v) is 8.30. The molecule has 6 nitrogen and oxygen atoms in total. The first-order valence-electron chi connectivity index (χ1n) is 7.42. The van der Waals surface area contributed by atoms with Crippen molar-refractivity contribution in [1.29, 1.82) is 0 Å². The second-order valence-corrected chi connectivity index (χ2v) is 6.35. The molecule has 7 heteroatoms. The molecule has 0 bridgehead atoms. The Morgan fingerprint density at radius 2 is 2.27 bits per heavy atom. The Labute approximate surface area is 133 Å². The summed E-state index contributed by atoms with van der Waals surface area (Å²) in [6.07, 6.45) is 5.61. The van der Waals surface area contributed by atoms with Crippen molar-refractivity contribution in [3.63, 3.8) is 0 Å². The number of thiazole rings is 1. The molecule has 0 spiro atoms. The molecular weight excluding hydrogens is 298 g/mol. The first kappa shape index (κ1) is 15.1. The molecule has 0 saturated carbocycles. The van der Waals surface area contributed by atoms with Crippen molar-refractivity contribution in [1.82, 2.24) is 25.2 Å². The van der Waals surface area contributed by atoms with E-state index in [9.17, 15) is 4.79 Å². The number of carbonyl (C=O) groups excluding carboxylic acids is 1. The van der Waals surface area contributed by atoms with Crippen LogP contribution in [0.5, 0.6) is 0 Å². The summed E-state index contributed by atoms with van der Waals surface area (Å²) in [4.78, 5) is 26.6. The van der Waals surface area contributed by atoms with Gasteiger partial charge in [0.05, 0.1) is 5.69 Å². The molecule has 0 aromatic carbocycles. The number of piperidine rings is 1. The lowest BCUT2D eigenvalue weighted by atomic mass is 10.1. The molecule has 0 radical (unpaired) electrons. The fourth-order valence-electron chi connectivity index (χ4n) is 2.73. The lowest BCUT2D eigenvalue weighted by Gasteiger charge is -2.32. The van der Waals surface area contributed by atoms with Crippen LogP contribution in [0.1, 0.15) is 25.5 Å². The van der Waals surface area contributed by atoms with E-state index in [1.165, 1.54) is 0 Å². The Kier molecular flexibility index (Phi) is 4.74. The minimum Gasteiger partial charge on any atom is -0.352 e. The maximum Gasteiger partial charge on any atom is 0.217 e. The fourth-order valence-corrected chi connectivity index (χ4v) is 3.48. The molecular formula is C15H19N5OS. The van der Waals surface area contributed by atoms with Crippen molar-refractivity contribution in [2.24, 2.45) is 0 Å². The second-order valence-electron chi connectivity index (χ2n) is 5.49. The van der Waals surface area contributed by atoms with E-state index in [-0.39, 0.29) is 11.9 Å². The van der Waals surface area contributed by atoms with Crippen molar-refractivity contribution >= 4 is 17.2 Å². The molecule has 1 atom stereocenters. The molecule has 0 unspecified atom stereocenters. The third-order valence-corrected chi connectivity index (χ3v) is 4.49. The largest absolute Gasteiger partial charge is 0.352 e. The lowest BCUT2D eigenvalue weighted by molar-refractivity contribution is -0.120. The molecule has 1 aliphatic heterocycles. The Bertz CT molecular complexity index is 630. The average Bonchev–Trinajstić information content (AvgIpc) is 2.96. The van der Waals surface area contributed by atoms with Crippen LogP contribution < -0.4 is 5.32 Å². The fraction of sp³-hybridized carbons (Fsp3) is 0.467. The molecule has 116 valence electrons. The Morgan fingerprint density at radius 1 is 1.45 bits per heavy atom. The number of amides is 1. The normalized spacial score (nSPS) is 19.0. The van der Waals surface area contributed by atoms with E-state index in [4.69, 9.17) is 0 Å². The van der Waals surface area contributed by atoms with Crippen LogP contribution in [0.25, 0.3) is 10.8 Å². The van der Waals surface area contributed by atoms with Crippen molar-refractivity contribution in [2.75, 3.05) is 13.1 Å². The Morgan fingerprint density at radius 3 is 3.05 bits per heavy atom. The third-order valence-electron chi connectivity index (χ3n) is 3.61. The van der Waals surface area contributed by atoms with Crippen LogP contribution in [-0.4, -0.2) is 44.9 Å². The van der Waals surface area contributed by atoms with Crippen LogP contribution in [-0.2, 0) is 11.3 Å². The number of carbonyl (C=O) groups is 1. The lowest BCUT2D eigenvalue weighted by Crippen LogP contribution is -2.46. The van der Waals surface area contributed by atoms with Gasteiger partial charge in [0.15, 0.2) is 10.8 Å². The molecule has 2 aromatic rings. The molecule has 0 aliphatic carbocycles. The van der Waals surface area contributed by atoms with Crippen LogP contribution in [0, 0.1) is 0 Å². The van der Waals surface area contributed by atoms with Crippen molar-refractivity contribution < 1.29 is 4.79 Å². The zero-order valence-corrected chi connectivity index (χ0v) is 13.3. The highest BCUT2D eigenvalue weighted by Crippen LogP contribution is 2.21. The van der Waals surface area contributed by atoms with E-state index >= 15 is 0 Å². The maximum absolute atomic E-state index is 11.2. The van der Waals surface area contributed by atoms with Crippen molar-refractivity contribution in [2.45, 2.75) is 32.4 Å². The van der Waals surface area contributed by atoms with Gasteiger partial charge in [0.1, 0.15) is 0 Å². The average molecular weight is 317 g/mol. The molecule has 3 rings (SSSR count). The van der Waals surface area contributed by atoms with Crippen molar-refractivity contribution in [3.05, 3.63) is 29.5 Å². The molecule has 1 saturated heterocycles. The summed E-state index contributed by atoms with van der Waals surface area (Å²) in [6.45, 7) is 4.31. The van der Waals surface area contributed by atoms with Crippen LogP contribution in [0.2, 0.25) is 0 Å². The summed E-state index contributed by atoms with van der Waals surface area (Å²) < 4.78 is 0. The van der Waals surface area contributed by atoms with Gasteiger partial charge in [-0.15, -0.1) is 11.3 Å². The highest BCUT2D eigenvalue weighted by atomic mass is 32.1. The van der Waals surface area contributed by atoms with E-state index in [1.54, 1.807) is 36.7 Å². The second kappa shape index (κ2) is 6.93. The molecule has 3 heterocycles. The summed E-state index contributed by atoms with van der Waals surface area (Å²) in [7, 11) is 0. The highest BCUT2D eigenvalue weighted by molar-refractivity contribution is 7.13. The SMILES string of the molecule is CC(=O)N[C@@H]1CCCN(Cc2csc(-c3ncccn3)n2)C1. The summed E-state index contributed by atoms with van der Waals surface area (Å²) >= 11 is 1.57. The van der Waals surface area contributed by atoms with Gasteiger partial charge in [-0.05, 0) is 25.5 Å². The third kappa shape index (κ3) is 3.86. The van der Waals surface area contributed by atoms with E-state index in [0.717, 1.165) is 43.2 Å². The molecule has 22 heavy (non-hydrogen) atoms. The zero-order valence-electron chi connectivity index (χ0n) is 12.5. The summed E-state index contributed by atoms with van der Waals surface area (Å²) in [6, 6.07) is 2.05. The van der Waals surface area contributed by atoms with Gasteiger partial charge < -0.3 is 5.32 Å². The van der Waals surface area contributed by atoms with Gasteiger partial charge in [-0.1, -0.05) is 0 Å². The highest BCUT2D eigenvalue weighted by Gasteiger charge is 2.21. The van der Waals surface area contributed by atoms with Crippen LogP contribution in [0.4, 0.5) is 0 Å². The molecule has 1 amide bonds. The summed E-state index contributed by atoms with van der Waals surface area (Å²) in [5, 5.41) is 5.93. The van der Waals surface area contributed by atoms with Gasteiger partial charge in [-0.3, -0.25) is 9.69 Å². The number of nitrogens with one attached hydrogen (secondary N) is 1. The van der Waals surface area contributed by atoms with E-state index < -0.39 is 0 Å². The zero-order chi connectivity index (χ0) is 15.4. The first-order chi connectivity index (χ1) is 10.7. The smallest absolute Gasteiger partial charge is 0.217 e. The Balaban J connectivity index is 1.61. The number of hydrogen-bond acceptors (Lipinski definition) is 6. The van der Waals surface area contributed by atoms with Crippen LogP contribution in [0.15, 0.2) is 23.8 Å². The Hall–Kier alpha value is -1.86. The van der Waals surface area contributed by atoms with Crippen LogP contribution in [0.3, 0.4) is 0 Å². The number of hydrogen-bond donors (Lipinski definition) is 1. The van der Waals surface area contributed by atoms with E-state index in [2.05, 4.69) is 30.5 Å². The van der Waals surface area contributed by atoms with Crippen molar-refractivity contribution in [3.8, 4) is 10.8 Å². The summed E-state index contributed by atoms with van der Waals surface area (Å²) in [5.74, 6) is 0.720. The number of rotatable bonds is 4. The molecule has 1 aliphatic rings. The van der Waals surface area contributed by atoms with E-state index in [1.807, 2.05) is 0 Å². The molecule has 1 fully saturated rings. The summed E-state index contributed by atoms with van der Waals surface area (Å²) in [5.41, 5.74) is 1.04. The minimum absolute atomic E-state index is 0.0454. The van der Waals surface area contributed by atoms with Gasteiger partial charge in [0.2, 0.25) is 5.91 Å². The standard InChI is InChI=1S/C15H19N5OS/c1-11(21)18-12-4-2-7-20(8-12)9-13-10-22-15(19-13)14-16-5-3-6-17-14/h3,5-6,10,12H,2,4,7-9H2,1H3,(H,18,21)/t12-/m1/s1. The van der Waals surface area contributed by atoms with Gasteiger partial charge in [0, 0.05) is 43.8 Å². The molecule has 1 N–H and O–H groups in total. The number of likely N-dealkylation sites (tertiary alicyclic amines) is 1. The van der Waals surface area contributed by atoms with Gasteiger partial charge >= 0.3 is 0 Å². The minimum atomic E-state index is 0.0454. The number of aromatic nitrogens is 3.